The minimum Gasteiger partial charge on any atom is -0.391 e. The summed E-state index contributed by atoms with van der Waals surface area (Å²) in [5.74, 6) is -1.36. The minimum atomic E-state index is -0.681. The second-order valence-corrected chi connectivity index (χ2v) is 6.08. The minimum absolute atomic E-state index is 0.324. The number of nitrogens with one attached hydrogen (secondary N) is 2. The van der Waals surface area contributed by atoms with E-state index in [1.165, 1.54) is 0 Å². The first-order valence-corrected chi connectivity index (χ1v) is 8.46. The molecular weight excluding hydrogens is 292 g/mol. The van der Waals surface area contributed by atoms with Crippen LogP contribution in [0.1, 0.15) is 50.7 Å². The van der Waals surface area contributed by atoms with E-state index >= 15 is 0 Å². The van der Waals surface area contributed by atoms with E-state index in [0.717, 1.165) is 36.8 Å². The number of hydrogen-bond acceptors (Lipinski definition) is 3. The molecule has 0 heterocycles. The fourth-order valence-electron chi connectivity index (χ4n) is 2.96. The molecule has 0 aromatic heterocycles. The van der Waals surface area contributed by atoms with Gasteiger partial charge in [0.25, 0.3) is 0 Å². The topological polar surface area (TPSA) is 78.4 Å². The van der Waals surface area contributed by atoms with Gasteiger partial charge in [-0.15, -0.1) is 0 Å². The number of aliphatic hydroxyl groups is 1. The van der Waals surface area contributed by atoms with Crippen molar-refractivity contribution in [3.05, 3.63) is 29.3 Å². The Kier molecular flexibility index (Phi) is 6.16. The van der Waals surface area contributed by atoms with E-state index in [-0.39, 0.29) is 6.04 Å². The number of rotatable bonds is 4. The van der Waals surface area contributed by atoms with Crippen molar-refractivity contribution in [1.82, 2.24) is 5.32 Å². The Labute approximate surface area is 137 Å². The molecule has 0 bridgehead atoms. The van der Waals surface area contributed by atoms with Crippen LogP contribution in [0, 0.1) is 0 Å². The molecule has 0 radical (unpaired) electrons. The molecular formula is C18H26N2O3. The van der Waals surface area contributed by atoms with Gasteiger partial charge in [0.15, 0.2) is 0 Å². The molecule has 1 aromatic rings. The summed E-state index contributed by atoms with van der Waals surface area (Å²) in [5, 5.41) is 15.3. The predicted octanol–water partition coefficient (Wildman–Crippen LogP) is 2.17. The summed E-state index contributed by atoms with van der Waals surface area (Å²) >= 11 is 0. The summed E-state index contributed by atoms with van der Waals surface area (Å²) in [5.41, 5.74) is 2.80. The highest BCUT2D eigenvalue weighted by atomic mass is 16.3. The molecule has 2 amide bonds. The number of aliphatic hydroxyl groups excluding tert-OH is 1. The van der Waals surface area contributed by atoms with Crippen LogP contribution in [0.15, 0.2) is 18.2 Å². The van der Waals surface area contributed by atoms with E-state index in [1.807, 2.05) is 32.0 Å². The average molecular weight is 318 g/mol. The molecule has 126 valence electrons. The Bertz CT molecular complexity index is 571. The van der Waals surface area contributed by atoms with Crippen molar-refractivity contribution in [3.63, 3.8) is 0 Å². The molecule has 1 aliphatic rings. The predicted molar refractivity (Wildman–Crippen MR) is 90.2 cm³/mol. The van der Waals surface area contributed by atoms with Gasteiger partial charge < -0.3 is 15.7 Å². The maximum absolute atomic E-state index is 12.2. The van der Waals surface area contributed by atoms with Crippen molar-refractivity contribution in [1.29, 1.82) is 0 Å². The van der Waals surface area contributed by atoms with Crippen LogP contribution in [0.4, 0.5) is 5.69 Å². The fourth-order valence-corrected chi connectivity index (χ4v) is 2.96. The number of carbonyl (C=O) groups excluding carboxylic acids is 2. The highest BCUT2D eigenvalue weighted by molar-refractivity contribution is 6.39. The van der Waals surface area contributed by atoms with Gasteiger partial charge in [0.2, 0.25) is 0 Å². The van der Waals surface area contributed by atoms with E-state index in [2.05, 4.69) is 10.6 Å². The second-order valence-electron chi connectivity index (χ2n) is 6.08. The number of carbonyl (C=O) groups is 2. The first kappa shape index (κ1) is 17.5. The standard InChI is InChI=1S/C18H26N2O3/c1-3-12-9-10-13(4-2)15(11-12)20-18(23)17(22)19-14-7-5-6-8-16(14)21/h9-11,14,16,21H,3-8H2,1-2H3,(H,19,22)(H,20,23). The summed E-state index contributed by atoms with van der Waals surface area (Å²) in [6.45, 7) is 4.05. The van der Waals surface area contributed by atoms with Crippen LogP contribution in [-0.2, 0) is 22.4 Å². The number of anilines is 1. The largest absolute Gasteiger partial charge is 0.391 e. The van der Waals surface area contributed by atoms with E-state index in [0.29, 0.717) is 18.5 Å². The quantitative estimate of drug-likeness (QED) is 0.745. The zero-order chi connectivity index (χ0) is 16.8. The van der Waals surface area contributed by atoms with E-state index in [4.69, 9.17) is 0 Å². The Morgan fingerprint density at radius 2 is 1.87 bits per heavy atom. The van der Waals surface area contributed by atoms with Gasteiger partial charge in [-0.05, 0) is 42.9 Å². The third kappa shape index (κ3) is 4.55. The van der Waals surface area contributed by atoms with Gasteiger partial charge >= 0.3 is 11.8 Å². The maximum Gasteiger partial charge on any atom is 0.313 e. The van der Waals surface area contributed by atoms with Gasteiger partial charge in [-0.2, -0.15) is 0 Å². The second kappa shape index (κ2) is 8.11. The molecule has 1 aliphatic carbocycles. The normalized spacial score (nSPS) is 20.8. The van der Waals surface area contributed by atoms with Crippen LogP contribution in [0.3, 0.4) is 0 Å². The molecule has 1 aromatic carbocycles. The van der Waals surface area contributed by atoms with Crippen molar-refractivity contribution in [2.24, 2.45) is 0 Å². The van der Waals surface area contributed by atoms with Crippen LogP contribution in [-0.4, -0.2) is 29.1 Å². The molecule has 0 aliphatic heterocycles. The lowest BCUT2D eigenvalue weighted by Gasteiger charge is -2.28. The third-order valence-corrected chi connectivity index (χ3v) is 4.46. The molecule has 0 spiro atoms. The molecule has 5 nitrogen and oxygen atoms in total. The van der Waals surface area contributed by atoms with Gasteiger partial charge in [0.1, 0.15) is 0 Å². The molecule has 1 saturated carbocycles. The highest BCUT2D eigenvalue weighted by Crippen LogP contribution is 2.20. The van der Waals surface area contributed by atoms with Crippen molar-refractivity contribution >= 4 is 17.5 Å². The molecule has 0 saturated heterocycles. The molecule has 1 fully saturated rings. The van der Waals surface area contributed by atoms with Crippen LogP contribution >= 0.6 is 0 Å². The monoisotopic (exact) mass is 318 g/mol. The highest BCUT2D eigenvalue weighted by Gasteiger charge is 2.27. The first-order valence-electron chi connectivity index (χ1n) is 8.46. The summed E-state index contributed by atoms with van der Waals surface area (Å²) in [7, 11) is 0. The lowest BCUT2D eigenvalue weighted by Crippen LogP contribution is -2.48. The number of aryl methyl sites for hydroxylation is 2. The van der Waals surface area contributed by atoms with Gasteiger partial charge in [0.05, 0.1) is 12.1 Å². The fraction of sp³-hybridized carbons (Fsp3) is 0.556. The summed E-state index contributed by atoms with van der Waals surface area (Å²) < 4.78 is 0. The van der Waals surface area contributed by atoms with Crippen molar-refractivity contribution in [3.8, 4) is 0 Å². The van der Waals surface area contributed by atoms with Crippen molar-refractivity contribution < 1.29 is 14.7 Å². The SMILES string of the molecule is CCc1ccc(CC)c(NC(=O)C(=O)NC2CCCCC2O)c1. The Morgan fingerprint density at radius 3 is 2.52 bits per heavy atom. The Morgan fingerprint density at radius 1 is 1.13 bits per heavy atom. The van der Waals surface area contributed by atoms with Crippen LogP contribution in [0.5, 0.6) is 0 Å². The van der Waals surface area contributed by atoms with Gasteiger partial charge in [-0.25, -0.2) is 0 Å². The van der Waals surface area contributed by atoms with Crippen molar-refractivity contribution in [2.45, 2.75) is 64.5 Å². The Hall–Kier alpha value is -1.88. The molecule has 3 N–H and O–H groups in total. The van der Waals surface area contributed by atoms with Gasteiger partial charge in [-0.3, -0.25) is 9.59 Å². The average Bonchev–Trinajstić information content (AvgIpc) is 2.56. The van der Waals surface area contributed by atoms with Gasteiger partial charge in [0, 0.05) is 5.69 Å². The van der Waals surface area contributed by atoms with Gasteiger partial charge in [-0.1, -0.05) is 38.8 Å². The lowest BCUT2D eigenvalue weighted by molar-refractivity contribution is -0.137. The van der Waals surface area contributed by atoms with E-state index in [1.54, 1.807) is 0 Å². The zero-order valence-electron chi connectivity index (χ0n) is 13.9. The number of benzene rings is 1. The van der Waals surface area contributed by atoms with Crippen molar-refractivity contribution in [2.75, 3.05) is 5.32 Å². The van der Waals surface area contributed by atoms with E-state index in [9.17, 15) is 14.7 Å². The number of amides is 2. The molecule has 2 atom stereocenters. The smallest absolute Gasteiger partial charge is 0.313 e. The summed E-state index contributed by atoms with van der Waals surface area (Å²) in [6, 6.07) is 5.61. The molecule has 2 unspecified atom stereocenters. The Balaban J connectivity index is 2.01. The van der Waals surface area contributed by atoms with Crippen LogP contribution in [0.2, 0.25) is 0 Å². The third-order valence-electron chi connectivity index (χ3n) is 4.46. The first-order chi connectivity index (χ1) is 11.0. The molecule has 5 heteroatoms. The molecule has 23 heavy (non-hydrogen) atoms. The van der Waals surface area contributed by atoms with Crippen LogP contribution < -0.4 is 10.6 Å². The molecule has 2 rings (SSSR count). The zero-order valence-corrected chi connectivity index (χ0v) is 13.9. The summed E-state index contributed by atoms with van der Waals surface area (Å²) in [4.78, 5) is 24.2. The lowest BCUT2D eigenvalue weighted by atomic mass is 9.92. The van der Waals surface area contributed by atoms with E-state index < -0.39 is 17.9 Å². The maximum atomic E-state index is 12.2. The summed E-state index contributed by atoms with van der Waals surface area (Å²) in [6.07, 6.45) is 4.40. The number of hydrogen-bond donors (Lipinski definition) is 3. The van der Waals surface area contributed by atoms with Crippen LogP contribution in [0.25, 0.3) is 0 Å².